The number of carbonyl (C=O) groups excluding carboxylic acids is 2. The molecule has 0 radical (unpaired) electrons. The molecule has 0 spiro atoms. The van der Waals surface area contributed by atoms with Gasteiger partial charge >= 0.3 is 6.18 Å². The number of amides is 2. The van der Waals surface area contributed by atoms with Gasteiger partial charge in [-0.2, -0.15) is 13.2 Å². The second kappa shape index (κ2) is 7.95. The van der Waals surface area contributed by atoms with Crippen molar-refractivity contribution in [1.82, 2.24) is 4.90 Å². The molecule has 1 N–H and O–H groups in total. The standard InChI is InChI=1S/C20H26F3N3O3/c1-19(2,3)29-13-8-9-25(11-13)12-18(28)26-15-7-5-4-6-14(15)24-17(27)10-16(26)20(21,22)23/h4-7,13,16H,8-12H2,1-3H3,(H,24,27)/t13-,16+/m0/s1. The molecule has 0 aromatic heterocycles. The number of alkyl halides is 3. The fraction of sp³-hybridized carbons (Fsp3) is 0.600. The molecular formula is C20H26F3N3O3. The van der Waals surface area contributed by atoms with E-state index in [1.165, 1.54) is 12.1 Å². The van der Waals surface area contributed by atoms with Crippen LogP contribution in [0.5, 0.6) is 0 Å². The summed E-state index contributed by atoms with van der Waals surface area (Å²) in [7, 11) is 0. The van der Waals surface area contributed by atoms with Crippen LogP contribution in [0.1, 0.15) is 33.6 Å². The van der Waals surface area contributed by atoms with Crippen molar-refractivity contribution < 1.29 is 27.5 Å². The highest BCUT2D eigenvalue weighted by molar-refractivity contribution is 6.05. The second-order valence-electron chi connectivity index (χ2n) is 8.47. The predicted molar refractivity (Wildman–Crippen MR) is 103 cm³/mol. The zero-order valence-electron chi connectivity index (χ0n) is 16.8. The van der Waals surface area contributed by atoms with Gasteiger partial charge in [0.25, 0.3) is 0 Å². The van der Waals surface area contributed by atoms with Crippen molar-refractivity contribution in [2.75, 3.05) is 29.9 Å². The summed E-state index contributed by atoms with van der Waals surface area (Å²) < 4.78 is 47.2. The number of ether oxygens (including phenoxy) is 1. The molecule has 2 aliphatic rings. The van der Waals surface area contributed by atoms with Crippen LogP contribution in [0, 0.1) is 0 Å². The third-order valence-corrected chi connectivity index (χ3v) is 4.88. The van der Waals surface area contributed by atoms with Gasteiger partial charge in [0, 0.05) is 13.1 Å². The van der Waals surface area contributed by atoms with E-state index in [2.05, 4.69) is 5.32 Å². The van der Waals surface area contributed by atoms with Gasteiger partial charge in [0.2, 0.25) is 11.8 Å². The predicted octanol–water partition coefficient (Wildman–Crippen LogP) is 3.18. The third-order valence-electron chi connectivity index (χ3n) is 4.88. The fourth-order valence-electron chi connectivity index (χ4n) is 3.80. The molecule has 0 aliphatic carbocycles. The first-order valence-electron chi connectivity index (χ1n) is 9.62. The molecule has 3 rings (SSSR count). The van der Waals surface area contributed by atoms with E-state index >= 15 is 0 Å². The minimum absolute atomic E-state index is 0.0624. The van der Waals surface area contributed by atoms with Gasteiger partial charge in [0.1, 0.15) is 6.04 Å². The van der Waals surface area contributed by atoms with E-state index in [4.69, 9.17) is 4.74 Å². The van der Waals surface area contributed by atoms with Crippen LogP contribution in [-0.2, 0) is 14.3 Å². The fourth-order valence-corrected chi connectivity index (χ4v) is 3.80. The molecule has 2 aliphatic heterocycles. The van der Waals surface area contributed by atoms with Gasteiger partial charge in [0.05, 0.1) is 36.0 Å². The van der Waals surface area contributed by atoms with E-state index in [0.29, 0.717) is 19.5 Å². The first-order valence-corrected chi connectivity index (χ1v) is 9.62. The lowest BCUT2D eigenvalue weighted by Crippen LogP contribution is -2.52. The van der Waals surface area contributed by atoms with E-state index in [0.717, 1.165) is 4.90 Å². The summed E-state index contributed by atoms with van der Waals surface area (Å²) in [6, 6.07) is 3.86. The number of halogens is 3. The van der Waals surface area contributed by atoms with E-state index in [1.807, 2.05) is 20.8 Å². The molecule has 9 heteroatoms. The highest BCUT2D eigenvalue weighted by Crippen LogP contribution is 2.37. The Morgan fingerprint density at radius 2 is 1.93 bits per heavy atom. The number of nitrogens with one attached hydrogen (secondary N) is 1. The number of anilines is 2. The maximum atomic E-state index is 13.8. The van der Waals surface area contributed by atoms with Crippen molar-refractivity contribution >= 4 is 23.2 Å². The summed E-state index contributed by atoms with van der Waals surface area (Å²) in [6.07, 6.45) is -4.92. The minimum atomic E-state index is -4.73. The van der Waals surface area contributed by atoms with Crippen LogP contribution in [0.2, 0.25) is 0 Å². The molecule has 0 unspecified atom stereocenters. The molecular weight excluding hydrogens is 387 g/mol. The Morgan fingerprint density at radius 1 is 1.24 bits per heavy atom. The number of rotatable bonds is 3. The Bertz CT molecular complexity index is 776. The SMILES string of the molecule is CC(C)(C)O[C@H]1CCN(CC(=O)N2c3ccccc3NC(=O)C[C@@H]2C(F)(F)F)C1. The number of para-hydroxylation sites is 2. The molecule has 2 heterocycles. The zero-order chi connectivity index (χ0) is 21.4. The van der Waals surface area contributed by atoms with Crippen molar-refractivity contribution in [2.24, 2.45) is 0 Å². The Morgan fingerprint density at radius 3 is 2.59 bits per heavy atom. The van der Waals surface area contributed by atoms with Gasteiger partial charge in [-0.1, -0.05) is 12.1 Å². The van der Waals surface area contributed by atoms with Crippen LogP contribution in [0.3, 0.4) is 0 Å². The molecule has 0 bridgehead atoms. The highest BCUT2D eigenvalue weighted by Gasteiger charge is 2.49. The molecule has 2 atom stereocenters. The van der Waals surface area contributed by atoms with Crippen molar-refractivity contribution in [3.63, 3.8) is 0 Å². The summed E-state index contributed by atoms with van der Waals surface area (Å²) in [5, 5.41) is 2.47. The summed E-state index contributed by atoms with van der Waals surface area (Å²) in [5.74, 6) is -1.46. The summed E-state index contributed by atoms with van der Waals surface area (Å²) in [6.45, 7) is 6.69. The smallest absolute Gasteiger partial charge is 0.371 e. The quantitative estimate of drug-likeness (QED) is 0.827. The molecule has 6 nitrogen and oxygen atoms in total. The number of likely N-dealkylation sites (tertiary alicyclic amines) is 1. The maximum Gasteiger partial charge on any atom is 0.409 e. The van der Waals surface area contributed by atoms with Crippen LogP contribution < -0.4 is 10.2 Å². The van der Waals surface area contributed by atoms with Gasteiger partial charge in [-0.3, -0.25) is 19.4 Å². The van der Waals surface area contributed by atoms with Crippen molar-refractivity contribution in [2.45, 2.75) is 57.5 Å². The average Bonchev–Trinajstić information content (AvgIpc) is 2.92. The second-order valence-corrected chi connectivity index (χ2v) is 8.47. The molecule has 1 fully saturated rings. The molecule has 160 valence electrons. The van der Waals surface area contributed by atoms with Gasteiger partial charge < -0.3 is 10.1 Å². The van der Waals surface area contributed by atoms with E-state index in [9.17, 15) is 22.8 Å². The van der Waals surface area contributed by atoms with Crippen molar-refractivity contribution in [1.29, 1.82) is 0 Å². The van der Waals surface area contributed by atoms with Crippen LogP contribution in [0.15, 0.2) is 24.3 Å². The average molecular weight is 413 g/mol. The molecule has 2 amide bonds. The molecule has 1 aromatic rings. The number of hydrogen-bond acceptors (Lipinski definition) is 4. The molecule has 1 saturated heterocycles. The Kier molecular flexibility index (Phi) is 5.91. The van der Waals surface area contributed by atoms with Gasteiger partial charge in [-0.25, -0.2) is 0 Å². The van der Waals surface area contributed by atoms with Gasteiger partial charge in [-0.05, 0) is 39.3 Å². The van der Waals surface area contributed by atoms with Crippen LogP contribution >= 0.6 is 0 Å². The number of carbonyl (C=O) groups is 2. The molecule has 29 heavy (non-hydrogen) atoms. The summed E-state index contributed by atoms with van der Waals surface area (Å²) in [5.41, 5.74) is -0.0673. The molecule has 0 saturated carbocycles. The summed E-state index contributed by atoms with van der Waals surface area (Å²) >= 11 is 0. The largest absolute Gasteiger partial charge is 0.409 e. The lowest BCUT2D eigenvalue weighted by Gasteiger charge is -2.33. The third kappa shape index (κ3) is 5.27. The monoisotopic (exact) mass is 413 g/mol. The topological polar surface area (TPSA) is 61.9 Å². The van der Waals surface area contributed by atoms with E-state index < -0.39 is 30.5 Å². The van der Waals surface area contributed by atoms with E-state index in [-0.39, 0.29) is 29.6 Å². The number of hydrogen-bond donors (Lipinski definition) is 1. The van der Waals surface area contributed by atoms with Crippen LogP contribution in [0.25, 0.3) is 0 Å². The van der Waals surface area contributed by atoms with Gasteiger partial charge in [-0.15, -0.1) is 0 Å². The zero-order valence-corrected chi connectivity index (χ0v) is 16.8. The Hall–Kier alpha value is -2.13. The lowest BCUT2D eigenvalue weighted by molar-refractivity contribution is -0.158. The highest BCUT2D eigenvalue weighted by atomic mass is 19.4. The van der Waals surface area contributed by atoms with Crippen LogP contribution in [0.4, 0.5) is 24.5 Å². The van der Waals surface area contributed by atoms with Crippen molar-refractivity contribution in [3.05, 3.63) is 24.3 Å². The summed E-state index contributed by atoms with van der Waals surface area (Å²) in [4.78, 5) is 27.6. The number of fused-ring (bicyclic) bond motifs is 1. The first-order chi connectivity index (χ1) is 13.4. The van der Waals surface area contributed by atoms with Gasteiger partial charge in [0.15, 0.2) is 0 Å². The normalized spacial score (nSPS) is 23.5. The van der Waals surface area contributed by atoms with Crippen LogP contribution in [-0.4, -0.2) is 60.3 Å². The number of benzene rings is 1. The van der Waals surface area contributed by atoms with Crippen molar-refractivity contribution in [3.8, 4) is 0 Å². The number of nitrogens with zero attached hydrogens (tertiary/aromatic N) is 2. The molecule has 1 aromatic carbocycles. The Balaban J connectivity index is 1.82. The minimum Gasteiger partial charge on any atom is -0.371 e. The lowest BCUT2D eigenvalue weighted by atomic mass is 10.1. The van der Waals surface area contributed by atoms with E-state index in [1.54, 1.807) is 17.0 Å². The first kappa shape index (κ1) is 21.6. The Labute approximate surface area is 168 Å². The maximum absolute atomic E-state index is 13.8.